The van der Waals surface area contributed by atoms with Crippen LogP contribution in [-0.4, -0.2) is 0 Å². The van der Waals surface area contributed by atoms with E-state index in [1.54, 1.807) is 0 Å². The fourth-order valence-electron chi connectivity index (χ4n) is 13.9. The van der Waals surface area contributed by atoms with Gasteiger partial charge in [0, 0.05) is 17.1 Å². The molecular weight excluding hydrogens is 991 g/mol. The van der Waals surface area contributed by atoms with Crippen molar-refractivity contribution >= 4 is 17.1 Å². The molecule has 0 N–H and O–H groups in total. The second-order valence-corrected chi connectivity index (χ2v) is 23.8. The molecule has 2 aliphatic rings. The molecule has 2 nitrogen and oxygen atoms in total. The van der Waals surface area contributed by atoms with Gasteiger partial charge in [0.2, 0.25) is 0 Å². The third kappa shape index (κ3) is 9.06. The molecule has 0 saturated carbocycles. The third-order valence-electron chi connectivity index (χ3n) is 17.9. The van der Waals surface area contributed by atoms with Crippen LogP contribution in [0.25, 0.3) is 33.4 Å². The number of hydrogen-bond donors (Lipinski definition) is 0. The van der Waals surface area contributed by atoms with Gasteiger partial charge in [-0.2, -0.15) is 0 Å². The molecule has 0 fully saturated rings. The van der Waals surface area contributed by atoms with Crippen LogP contribution in [0.5, 0.6) is 5.75 Å². The molecule has 0 spiro atoms. The highest BCUT2D eigenvalue weighted by molar-refractivity contribution is 5.92. The highest BCUT2D eigenvalue weighted by Gasteiger charge is 2.48. The monoisotopic (exact) mass is 1060 g/mol. The number of rotatable bonds is 16. The van der Waals surface area contributed by atoms with Crippen LogP contribution in [0.2, 0.25) is 0 Å². The van der Waals surface area contributed by atoms with E-state index in [2.05, 4.69) is 319 Å². The van der Waals surface area contributed by atoms with Gasteiger partial charge >= 0.3 is 0 Å². The smallest absolute Gasteiger partial charge is 0.119 e. The summed E-state index contributed by atoms with van der Waals surface area (Å²) in [6, 6.07) is 102. The SMILES string of the molecule is CC(C)CC(c1ccc(COc2ccc(C3(c4ccc(C(C)C)cc4)c4ccccc4-c4ccc(N(c5ccc(-c6ccccc6)cc5)c5ccc6c(c5)C(c5ccccc5)(c5ccccc5)c5ccccc5-6)cc43)cc2)cc1)C(C)C. The van der Waals surface area contributed by atoms with E-state index >= 15 is 0 Å². The Balaban J connectivity index is 0.974. The molecule has 11 aromatic carbocycles. The third-order valence-corrected chi connectivity index (χ3v) is 17.9. The first kappa shape index (κ1) is 52.4. The van der Waals surface area contributed by atoms with Crippen LogP contribution in [0, 0.1) is 11.8 Å². The number of anilines is 3. The van der Waals surface area contributed by atoms with E-state index in [9.17, 15) is 0 Å². The fraction of sp³-hybridized carbons (Fsp3) is 0.175. The van der Waals surface area contributed by atoms with Crippen molar-refractivity contribution in [3.63, 3.8) is 0 Å². The zero-order valence-corrected chi connectivity index (χ0v) is 48.1. The van der Waals surface area contributed by atoms with Crippen LogP contribution in [0.1, 0.15) is 121 Å². The van der Waals surface area contributed by atoms with Crippen LogP contribution in [0.4, 0.5) is 17.1 Å². The first-order chi connectivity index (χ1) is 40.1. The second-order valence-electron chi connectivity index (χ2n) is 23.8. The molecule has 0 aliphatic heterocycles. The maximum atomic E-state index is 6.64. The van der Waals surface area contributed by atoms with Gasteiger partial charge in [-0.15, -0.1) is 0 Å². The number of ether oxygens (including phenoxy) is 1. The highest BCUT2D eigenvalue weighted by Crippen LogP contribution is 2.60. The largest absolute Gasteiger partial charge is 0.489 e. The zero-order valence-electron chi connectivity index (χ0n) is 48.1. The molecule has 2 heteroatoms. The first-order valence-corrected chi connectivity index (χ1v) is 29.6. The van der Waals surface area contributed by atoms with Gasteiger partial charge in [-0.05, 0) is 173 Å². The van der Waals surface area contributed by atoms with Gasteiger partial charge in [0.1, 0.15) is 12.4 Å². The minimum Gasteiger partial charge on any atom is -0.489 e. The molecule has 0 amide bonds. The summed E-state index contributed by atoms with van der Waals surface area (Å²) in [6.07, 6.45) is 1.19. The van der Waals surface area contributed by atoms with Crippen molar-refractivity contribution in [3.8, 4) is 39.1 Å². The summed E-state index contributed by atoms with van der Waals surface area (Å²) in [5.74, 6) is 3.04. The second kappa shape index (κ2) is 21.8. The lowest BCUT2D eigenvalue weighted by Gasteiger charge is -2.36. The van der Waals surface area contributed by atoms with Crippen molar-refractivity contribution in [2.24, 2.45) is 11.8 Å². The van der Waals surface area contributed by atoms with E-state index in [-0.39, 0.29) is 0 Å². The topological polar surface area (TPSA) is 12.5 Å². The van der Waals surface area contributed by atoms with Crippen LogP contribution >= 0.6 is 0 Å². The molecule has 0 radical (unpaired) electrons. The summed E-state index contributed by atoms with van der Waals surface area (Å²) in [5.41, 5.74) is 23.3. The molecule has 11 aromatic rings. The summed E-state index contributed by atoms with van der Waals surface area (Å²) < 4.78 is 6.64. The molecule has 2 atom stereocenters. The zero-order chi connectivity index (χ0) is 56.0. The Morgan fingerprint density at radius 1 is 0.354 bits per heavy atom. The van der Waals surface area contributed by atoms with Gasteiger partial charge in [-0.3, -0.25) is 0 Å². The molecule has 13 rings (SSSR count). The molecule has 0 heterocycles. The first-order valence-electron chi connectivity index (χ1n) is 29.6. The van der Waals surface area contributed by atoms with E-state index in [4.69, 9.17) is 4.74 Å². The van der Waals surface area contributed by atoms with Crippen LogP contribution in [0.3, 0.4) is 0 Å². The summed E-state index contributed by atoms with van der Waals surface area (Å²) >= 11 is 0. The molecule has 2 unspecified atom stereocenters. The Labute approximate surface area is 486 Å². The van der Waals surface area contributed by atoms with Crippen molar-refractivity contribution in [1.82, 2.24) is 0 Å². The summed E-state index contributed by atoms with van der Waals surface area (Å²) in [7, 11) is 0. The van der Waals surface area contributed by atoms with Gasteiger partial charge in [0.05, 0.1) is 10.8 Å². The predicted octanol–water partition coefficient (Wildman–Crippen LogP) is 21.0. The molecule has 0 bridgehead atoms. The number of benzene rings is 11. The lowest BCUT2D eigenvalue weighted by Crippen LogP contribution is -2.29. The van der Waals surface area contributed by atoms with Crippen molar-refractivity contribution in [2.75, 3.05) is 4.90 Å². The number of fused-ring (bicyclic) bond motifs is 6. The van der Waals surface area contributed by atoms with Gasteiger partial charge in [-0.25, -0.2) is 0 Å². The van der Waals surface area contributed by atoms with Crippen LogP contribution in [-0.2, 0) is 17.4 Å². The maximum absolute atomic E-state index is 6.64. The Morgan fingerprint density at radius 3 is 1.26 bits per heavy atom. The van der Waals surface area contributed by atoms with E-state index in [1.807, 2.05) is 0 Å². The Morgan fingerprint density at radius 2 is 0.768 bits per heavy atom. The molecule has 82 heavy (non-hydrogen) atoms. The quantitative estimate of drug-likeness (QED) is 0.0956. The number of hydrogen-bond acceptors (Lipinski definition) is 2. The van der Waals surface area contributed by atoms with E-state index in [0.29, 0.717) is 30.3 Å². The van der Waals surface area contributed by atoms with Crippen molar-refractivity contribution in [2.45, 2.75) is 77.2 Å². The maximum Gasteiger partial charge on any atom is 0.119 e. The van der Waals surface area contributed by atoms with Gasteiger partial charge in [-0.1, -0.05) is 266 Å². The Kier molecular flexibility index (Phi) is 13.9. The van der Waals surface area contributed by atoms with Gasteiger partial charge in [0.15, 0.2) is 0 Å². The lowest BCUT2D eigenvalue weighted by atomic mass is 9.67. The van der Waals surface area contributed by atoms with Gasteiger partial charge < -0.3 is 9.64 Å². The summed E-state index contributed by atoms with van der Waals surface area (Å²) in [6.45, 7) is 14.4. The minimum atomic E-state index is -0.660. The molecular formula is C80H71NO. The lowest BCUT2D eigenvalue weighted by molar-refractivity contribution is 0.306. The van der Waals surface area contributed by atoms with Crippen LogP contribution < -0.4 is 9.64 Å². The Bertz CT molecular complexity index is 3970. The summed E-state index contributed by atoms with van der Waals surface area (Å²) in [5, 5.41) is 0. The average Bonchev–Trinajstić information content (AvgIpc) is 2.71. The minimum absolute atomic E-state index is 0.397. The van der Waals surface area contributed by atoms with E-state index in [1.165, 1.54) is 101 Å². The van der Waals surface area contributed by atoms with E-state index < -0.39 is 10.8 Å². The number of nitrogens with zero attached hydrogens (tertiary/aromatic N) is 1. The summed E-state index contributed by atoms with van der Waals surface area (Å²) in [4.78, 5) is 2.49. The molecule has 402 valence electrons. The highest BCUT2D eigenvalue weighted by atomic mass is 16.5. The molecule has 2 aliphatic carbocycles. The predicted molar refractivity (Wildman–Crippen MR) is 343 cm³/mol. The van der Waals surface area contributed by atoms with Crippen molar-refractivity contribution in [3.05, 3.63) is 334 Å². The van der Waals surface area contributed by atoms with E-state index in [0.717, 1.165) is 22.8 Å². The fourth-order valence-corrected chi connectivity index (χ4v) is 13.9. The van der Waals surface area contributed by atoms with Crippen molar-refractivity contribution in [1.29, 1.82) is 0 Å². The molecule has 0 saturated heterocycles. The van der Waals surface area contributed by atoms with Gasteiger partial charge in [0.25, 0.3) is 0 Å². The van der Waals surface area contributed by atoms with Crippen LogP contribution in [0.15, 0.2) is 273 Å². The van der Waals surface area contributed by atoms with Crippen molar-refractivity contribution < 1.29 is 4.74 Å². The molecule has 0 aromatic heterocycles. The average molecular weight is 1060 g/mol. The Hall–Kier alpha value is -8.98. The standard InChI is InChI=1S/C80H71NO/c1-54(2)50-74(56(5)6)61-32-30-57(31-33-61)53-82-69-46-40-65(41-47-69)80(64-38-34-58(35-39-64)55(3)4)76-29-19-17-27-71(76)73-49-45-68(52-78(73)80)81(66-42-36-60(37-43-66)59-20-10-7-11-21-59)67-44-48-72-70-26-16-18-28-75(70)79(77(72)51-67,62-22-12-8-13-23-62)63-24-14-9-15-25-63/h7-49,51-52,54-56,74H,50,53H2,1-6H3. The normalized spacial score (nSPS) is 15.0.